The van der Waals surface area contributed by atoms with Crippen LogP contribution in [0.15, 0.2) is 41.5 Å². The molecule has 1 heterocycles. The van der Waals surface area contributed by atoms with Gasteiger partial charge < -0.3 is 10.6 Å². The third-order valence-electron chi connectivity index (χ3n) is 3.35. The van der Waals surface area contributed by atoms with E-state index in [1.165, 1.54) is 15.4 Å². The first kappa shape index (κ1) is 16.5. The first-order valence-corrected chi connectivity index (χ1v) is 8.55. The van der Waals surface area contributed by atoms with Crippen molar-refractivity contribution in [2.75, 3.05) is 20.1 Å². The number of aliphatic imine (C=N–C) groups is 1. The van der Waals surface area contributed by atoms with Crippen molar-refractivity contribution in [2.45, 2.75) is 26.2 Å². The maximum atomic E-state index is 4.43. The molecule has 0 aliphatic carbocycles. The Hall–Kier alpha value is -1.88. The van der Waals surface area contributed by atoms with Crippen LogP contribution in [0.1, 0.15) is 22.4 Å². The lowest BCUT2D eigenvalue weighted by molar-refractivity contribution is 0.782. The topological polar surface area (TPSA) is 49.3 Å². The predicted octanol–water partition coefficient (Wildman–Crippen LogP) is 2.66. The molecule has 22 heavy (non-hydrogen) atoms. The van der Waals surface area contributed by atoms with Gasteiger partial charge in [-0.3, -0.25) is 4.99 Å². The number of guanidine groups is 1. The standard InChI is InChI=1S/C17H24N4S/c1-3-15-13-21-16(22-15)10-12-20-17(18-2)19-11-9-14-7-5-4-6-8-14/h4-8,13H,3,9-12H2,1-2H3,(H2,18,19,20). The van der Waals surface area contributed by atoms with Crippen molar-refractivity contribution >= 4 is 17.3 Å². The highest BCUT2D eigenvalue weighted by Gasteiger charge is 2.02. The quantitative estimate of drug-likeness (QED) is 0.610. The molecule has 0 atom stereocenters. The second-order valence-electron chi connectivity index (χ2n) is 4.99. The van der Waals surface area contributed by atoms with Gasteiger partial charge in [0.25, 0.3) is 0 Å². The molecule has 0 bridgehead atoms. The molecule has 118 valence electrons. The molecule has 0 fully saturated rings. The summed E-state index contributed by atoms with van der Waals surface area (Å²) < 4.78 is 0. The number of nitrogens with one attached hydrogen (secondary N) is 2. The zero-order chi connectivity index (χ0) is 15.6. The Kier molecular flexibility index (Phi) is 6.90. The molecule has 1 aromatic heterocycles. The number of aryl methyl sites for hydroxylation is 1. The molecule has 5 heteroatoms. The maximum absolute atomic E-state index is 4.43. The van der Waals surface area contributed by atoms with Crippen LogP contribution < -0.4 is 10.6 Å². The second-order valence-corrected chi connectivity index (χ2v) is 6.18. The lowest BCUT2D eigenvalue weighted by atomic mass is 10.1. The van der Waals surface area contributed by atoms with Crippen molar-refractivity contribution in [1.29, 1.82) is 0 Å². The molecule has 0 unspecified atom stereocenters. The fraction of sp³-hybridized carbons (Fsp3) is 0.412. The van der Waals surface area contributed by atoms with Gasteiger partial charge in [0.15, 0.2) is 5.96 Å². The van der Waals surface area contributed by atoms with Crippen LogP contribution in [0.25, 0.3) is 0 Å². The fourth-order valence-electron chi connectivity index (χ4n) is 2.11. The van der Waals surface area contributed by atoms with Crippen molar-refractivity contribution in [2.24, 2.45) is 4.99 Å². The average Bonchev–Trinajstić information content (AvgIpc) is 3.02. The van der Waals surface area contributed by atoms with Crippen molar-refractivity contribution in [3.63, 3.8) is 0 Å². The van der Waals surface area contributed by atoms with Crippen molar-refractivity contribution < 1.29 is 0 Å². The summed E-state index contributed by atoms with van der Waals surface area (Å²) in [6, 6.07) is 10.5. The van der Waals surface area contributed by atoms with Crippen LogP contribution in [0.2, 0.25) is 0 Å². The molecule has 0 aliphatic heterocycles. The minimum atomic E-state index is 0.849. The van der Waals surface area contributed by atoms with Gasteiger partial charge in [0.05, 0.1) is 5.01 Å². The average molecular weight is 316 g/mol. The summed E-state index contributed by atoms with van der Waals surface area (Å²) in [6.45, 7) is 3.89. The monoisotopic (exact) mass is 316 g/mol. The molecule has 0 radical (unpaired) electrons. The zero-order valence-corrected chi connectivity index (χ0v) is 14.1. The molecule has 0 amide bonds. The van der Waals surface area contributed by atoms with E-state index in [-0.39, 0.29) is 0 Å². The predicted molar refractivity (Wildman–Crippen MR) is 94.7 cm³/mol. The van der Waals surface area contributed by atoms with E-state index < -0.39 is 0 Å². The number of nitrogens with zero attached hydrogens (tertiary/aromatic N) is 2. The van der Waals surface area contributed by atoms with E-state index in [0.717, 1.165) is 38.3 Å². The molecule has 2 rings (SSSR count). The Morgan fingerprint density at radius 2 is 1.86 bits per heavy atom. The Bertz CT molecular complexity index is 577. The Morgan fingerprint density at radius 3 is 2.50 bits per heavy atom. The van der Waals surface area contributed by atoms with E-state index in [0.29, 0.717) is 0 Å². The number of hydrogen-bond acceptors (Lipinski definition) is 3. The lowest BCUT2D eigenvalue weighted by Gasteiger charge is -2.11. The number of aromatic nitrogens is 1. The minimum Gasteiger partial charge on any atom is -0.356 e. The maximum Gasteiger partial charge on any atom is 0.191 e. The van der Waals surface area contributed by atoms with E-state index in [1.54, 1.807) is 18.4 Å². The zero-order valence-electron chi connectivity index (χ0n) is 13.3. The summed E-state index contributed by atoms with van der Waals surface area (Å²) in [6.07, 6.45) is 4.97. The molecule has 0 aliphatic rings. The normalized spacial score (nSPS) is 11.5. The Balaban J connectivity index is 1.66. The third-order valence-corrected chi connectivity index (χ3v) is 4.56. The SMILES string of the molecule is CCc1cnc(CCNC(=NC)NCCc2ccccc2)s1. The van der Waals surface area contributed by atoms with Gasteiger partial charge in [-0.15, -0.1) is 11.3 Å². The molecule has 1 aromatic carbocycles. The number of thiazole rings is 1. The van der Waals surface area contributed by atoms with Crippen molar-refractivity contribution in [3.8, 4) is 0 Å². The smallest absolute Gasteiger partial charge is 0.191 e. The molecular weight excluding hydrogens is 292 g/mol. The van der Waals surface area contributed by atoms with E-state index in [4.69, 9.17) is 0 Å². The van der Waals surface area contributed by atoms with Gasteiger partial charge in [0.2, 0.25) is 0 Å². The first-order chi connectivity index (χ1) is 10.8. The van der Waals surface area contributed by atoms with Crippen LogP contribution in [0.4, 0.5) is 0 Å². The van der Waals surface area contributed by atoms with E-state index in [1.807, 2.05) is 12.3 Å². The van der Waals surface area contributed by atoms with Crippen LogP contribution in [-0.2, 0) is 19.3 Å². The minimum absolute atomic E-state index is 0.849. The Labute approximate surface area is 136 Å². The number of rotatable bonds is 7. The van der Waals surface area contributed by atoms with Crippen molar-refractivity contribution in [3.05, 3.63) is 52.0 Å². The van der Waals surface area contributed by atoms with Gasteiger partial charge in [-0.1, -0.05) is 37.3 Å². The second kappa shape index (κ2) is 9.20. The van der Waals surface area contributed by atoms with Crippen LogP contribution in [0.3, 0.4) is 0 Å². The highest BCUT2D eigenvalue weighted by molar-refractivity contribution is 7.11. The van der Waals surface area contributed by atoms with Gasteiger partial charge in [0, 0.05) is 37.6 Å². The van der Waals surface area contributed by atoms with Crippen LogP contribution in [-0.4, -0.2) is 31.1 Å². The summed E-state index contributed by atoms with van der Waals surface area (Å²) in [4.78, 5) is 10.0. The van der Waals surface area contributed by atoms with E-state index >= 15 is 0 Å². The molecule has 2 N–H and O–H groups in total. The molecule has 0 saturated heterocycles. The lowest BCUT2D eigenvalue weighted by Crippen LogP contribution is -2.39. The number of hydrogen-bond donors (Lipinski definition) is 2. The van der Waals surface area contributed by atoms with Crippen LogP contribution in [0.5, 0.6) is 0 Å². The van der Waals surface area contributed by atoms with E-state index in [9.17, 15) is 0 Å². The van der Waals surface area contributed by atoms with E-state index in [2.05, 4.69) is 51.8 Å². The number of benzene rings is 1. The third kappa shape index (κ3) is 5.48. The van der Waals surface area contributed by atoms with Crippen LogP contribution >= 0.6 is 11.3 Å². The van der Waals surface area contributed by atoms with Gasteiger partial charge in [-0.2, -0.15) is 0 Å². The van der Waals surface area contributed by atoms with Gasteiger partial charge >= 0.3 is 0 Å². The van der Waals surface area contributed by atoms with Crippen LogP contribution in [0, 0.1) is 0 Å². The summed E-state index contributed by atoms with van der Waals surface area (Å²) in [5, 5.41) is 7.86. The summed E-state index contributed by atoms with van der Waals surface area (Å²) in [7, 11) is 1.80. The van der Waals surface area contributed by atoms with Gasteiger partial charge in [-0.05, 0) is 18.4 Å². The molecule has 4 nitrogen and oxygen atoms in total. The first-order valence-electron chi connectivity index (χ1n) is 7.74. The molecule has 2 aromatic rings. The summed E-state index contributed by atoms with van der Waals surface area (Å²) >= 11 is 1.80. The van der Waals surface area contributed by atoms with Crippen molar-refractivity contribution in [1.82, 2.24) is 15.6 Å². The van der Waals surface area contributed by atoms with Gasteiger partial charge in [0.1, 0.15) is 0 Å². The van der Waals surface area contributed by atoms with Gasteiger partial charge in [-0.25, -0.2) is 4.98 Å². The molecule has 0 spiro atoms. The highest BCUT2D eigenvalue weighted by Crippen LogP contribution is 2.13. The summed E-state index contributed by atoms with van der Waals surface area (Å²) in [5.41, 5.74) is 1.33. The molecule has 0 saturated carbocycles. The largest absolute Gasteiger partial charge is 0.356 e. The summed E-state index contributed by atoms with van der Waals surface area (Å²) in [5.74, 6) is 0.850. The highest BCUT2D eigenvalue weighted by atomic mass is 32.1. The Morgan fingerprint density at radius 1 is 1.14 bits per heavy atom. The molecular formula is C17H24N4S. The fourth-order valence-corrected chi connectivity index (χ4v) is 2.97.